The summed E-state index contributed by atoms with van der Waals surface area (Å²) < 4.78 is 2.02. The minimum atomic E-state index is -0.139. The number of unbranched alkanes of at least 4 members (excludes halogenated alkanes) is 2. The van der Waals surface area contributed by atoms with Gasteiger partial charge in [-0.2, -0.15) is 0 Å². The van der Waals surface area contributed by atoms with E-state index in [1.54, 1.807) is 6.20 Å². The number of aliphatic hydroxyl groups is 1. The summed E-state index contributed by atoms with van der Waals surface area (Å²) in [5.41, 5.74) is 1.81. The lowest BCUT2D eigenvalue weighted by Crippen LogP contribution is -2.28. The zero-order chi connectivity index (χ0) is 16.1. The average molecular weight is 314 g/mol. The smallest absolute Gasteiger partial charge is 0.180 e. The molecule has 0 bridgehead atoms. The molecular weight excluding hydrogens is 288 g/mol. The molecule has 1 saturated carbocycles. The van der Waals surface area contributed by atoms with Crippen molar-refractivity contribution in [3.05, 3.63) is 30.4 Å². The number of rotatable bonds is 6. The van der Waals surface area contributed by atoms with Gasteiger partial charge in [0, 0.05) is 24.6 Å². The van der Waals surface area contributed by atoms with Gasteiger partial charge in [0.15, 0.2) is 11.5 Å². The first-order valence-electron chi connectivity index (χ1n) is 8.71. The van der Waals surface area contributed by atoms with Crippen LogP contribution in [0.3, 0.4) is 0 Å². The number of aliphatic hydroxyl groups excluding tert-OH is 1. The molecule has 5 heteroatoms. The normalized spacial score (nSPS) is 22.0. The second-order valence-corrected chi connectivity index (χ2v) is 6.37. The zero-order valence-electron chi connectivity index (χ0n) is 13.8. The summed E-state index contributed by atoms with van der Waals surface area (Å²) in [4.78, 5) is 9.15. The van der Waals surface area contributed by atoms with Crippen LogP contribution in [-0.2, 0) is 0 Å². The largest absolute Gasteiger partial charge is 0.393 e. The highest BCUT2D eigenvalue weighted by Gasteiger charge is 2.20. The van der Waals surface area contributed by atoms with Crippen LogP contribution in [0, 0.1) is 0 Å². The predicted molar refractivity (Wildman–Crippen MR) is 93.4 cm³/mol. The second-order valence-electron chi connectivity index (χ2n) is 6.37. The number of allylic oxidation sites excluding steroid dienone is 1. The van der Waals surface area contributed by atoms with Crippen LogP contribution in [0.1, 0.15) is 57.6 Å². The molecule has 2 heterocycles. The van der Waals surface area contributed by atoms with Gasteiger partial charge in [0.2, 0.25) is 0 Å². The molecule has 0 aromatic carbocycles. The first-order chi connectivity index (χ1) is 11.3. The Bertz CT molecular complexity index is 656. The van der Waals surface area contributed by atoms with Crippen LogP contribution in [0.5, 0.6) is 0 Å². The fraction of sp³-hybridized carbons (Fsp3) is 0.556. The third-order valence-electron chi connectivity index (χ3n) is 4.44. The van der Waals surface area contributed by atoms with E-state index >= 15 is 0 Å². The maximum Gasteiger partial charge on any atom is 0.180 e. The number of imidazole rings is 1. The molecule has 0 unspecified atom stereocenters. The summed E-state index contributed by atoms with van der Waals surface area (Å²) in [6.45, 7) is 2.20. The molecule has 1 fully saturated rings. The first-order valence-corrected chi connectivity index (χ1v) is 8.71. The van der Waals surface area contributed by atoms with E-state index in [1.165, 1.54) is 12.8 Å². The molecule has 124 valence electrons. The SMILES string of the molecule is CCCCC=Cc1cn2ccnc2c(NC2CCC(O)CC2)n1. The minimum Gasteiger partial charge on any atom is -0.393 e. The number of anilines is 1. The van der Waals surface area contributed by atoms with Crippen LogP contribution in [0.15, 0.2) is 24.7 Å². The van der Waals surface area contributed by atoms with Gasteiger partial charge in [0.25, 0.3) is 0 Å². The Morgan fingerprint density at radius 3 is 2.96 bits per heavy atom. The molecule has 0 saturated heterocycles. The van der Waals surface area contributed by atoms with Crippen LogP contribution in [0.4, 0.5) is 5.82 Å². The molecule has 0 aliphatic heterocycles. The van der Waals surface area contributed by atoms with Crippen LogP contribution in [-0.4, -0.2) is 31.6 Å². The molecule has 0 atom stereocenters. The molecule has 2 aromatic rings. The highest BCUT2D eigenvalue weighted by Crippen LogP contribution is 2.23. The van der Waals surface area contributed by atoms with Gasteiger partial charge in [-0.1, -0.05) is 25.8 Å². The van der Waals surface area contributed by atoms with Gasteiger partial charge in [-0.25, -0.2) is 9.97 Å². The van der Waals surface area contributed by atoms with Gasteiger partial charge in [0.05, 0.1) is 11.8 Å². The molecule has 0 amide bonds. The lowest BCUT2D eigenvalue weighted by Gasteiger charge is -2.26. The van der Waals surface area contributed by atoms with E-state index in [0.717, 1.165) is 49.3 Å². The molecule has 5 nitrogen and oxygen atoms in total. The third kappa shape index (κ3) is 4.10. The van der Waals surface area contributed by atoms with Crippen LogP contribution < -0.4 is 5.32 Å². The minimum absolute atomic E-state index is 0.139. The summed E-state index contributed by atoms with van der Waals surface area (Å²) in [7, 11) is 0. The van der Waals surface area contributed by atoms with Crippen molar-refractivity contribution in [1.29, 1.82) is 0 Å². The summed E-state index contributed by atoms with van der Waals surface area (Å²) in [6, 6.07) is 0.366. The van der Waals surface area contributed by atoms with E-state index in [0.29, 0.717) is 6.04 Å². The Kier molecular flexibility index (Phi) is 5.28. The first kappa shape index (κ1) is 16.0. The molecule has 23 heavy (non-hydrogen) atoms. The van der Waals surface area contributed by atoms with Crippen molar-refractivity contribution >= 4 is 17.5 Å². The Balaban J connectivity index is 1.77. The molecule has 2 aromatic heterocycles. The fourth-order valence-corrected chi connectivity index (χ4v) is 3.07. The van der Waals surface area contributed by atoms with Crippen LogP contribution in [0.25, 0.3) is 11.7 Å². The highest BCUT2D eigenvalue weighted by molar-refractivity contribution is 5.65. The molecular formula is C18H26N4O. The lowest BCUT2D eigenvalue weighted by atomic mass is 9.93. The summed E-state index contributed by atoms with van der Waals surface area (Å²) >= 11 is 0. The van der Waals surface area contributed by atoms with Gasteiger partial charge < -0.3 is 14.8 Å². The molecule has 3 rings (SSSR count). The number of nitrogens with one attached hydrogen (secondary N) is 1. The number of aromatic nitrogens is 3. The molecule has 0 radical (unpaired) electrons. The standard InChI is InChI=1S/C18H26N4O/c1-2-3-4-5-6-15-13-22-12-11-19-18(22)17(21-15)20-14-7-9-16(23)10-8-14/h5-6,11-14,16,23H,2-4,7-10H2,1H3,(H,20,21). The van der Waals surface area contributed by atoms with Crippen molar-refractivity contribution in [2.24, 2.45) is 0 Å². The Morgan fingerprint density at radius 2 is 2.17 bits per heavy atom. The molecule has 0 spiro atoms. The van der Waals surface area contributed by atoms with Crippen molar-refractivity contribution in [2.75, 3.05) is 5.32 Å². The third-order valence-corrected chi connectivity index (χ3v) is 4.44. The van der Waals surface area contributed by atoms with Crippen LogP contribution >= 0.6 is 0 Å². The fourth-order valence-electron chi connectivity index (χ4n) is 3.07. The maximum atomic E-state index is 9.65. The van der Waals surface area contributed by atoms with Gasteiger partial charge in [-0.05, 0) is 38.2 Å². The van der Waals surface area contributed by atoms with Gasteiger partial charge in [-0.15, -0.1) is 0 Å². The van der Waals surface area contributed by atoms with Gasteiger partial charge in [0.1, 0.15) is 0 Å². The van der Waals surface area contributed by atoms with Gasteiger partial charge >= 0.3 is 0 Å². The van der Waals surface area contributed by atoms with E-state index in [4.69, 9.17) is 4.98 Å². The molecule has 1 aliphatic carbocycles. The summed E-state index contributed by atoms with van der Waals surface area (Å²) in [5.74, 6) is 0.842. The number of hydrogen-bond acceptors (Lipinski definition) is 4. The quantitative estimate of drug-likeness (QED) is 0.799. The molecule has 2 N–H and O–H groups in total. The monoisotopic (exact) mass is 314 g/mol. The Morgan fingerprint density at radius 1 is 1.35 bits per heavy atom. The van der Waals surface area contributed by atoms with E-state index in [2.05, 4.69) is 29.4 Å². The maximum absolute atomic E-state index is 9.65. The lowest BCUT2D eigenvalue weighted by molar-refractivity contribution is 0.126. The highest BCUT2D eigenvalue weighted by atomic mass is 16.3. The number of fused-ring (bicyclic) bond motifs is 1. The van der Waals surface area contributed by atoms with E-state index in [9.17, 15) is 5.11 Å². The van der Waals surface area contributed by atoms with Gasteiger partial charge in [-0.3, -0.25) is 0 Å². The van der Waals surface area contributed by atoms with Crippen LogP contribution in [0.2, 0.25) is 0 Å². The molecule has 1 aliphatic rings. The Labute approximate surface area is 137 Å². The summed E-state index contributed by atoms with van der Waals surface area (Å²) in [6.07, 6.45) is 17.1. The zero-order valence-corrected chi connectivity index (χ0v) is 13.8. The Hall–Kier alpha value is -1.88. The van der Waals surface area contributed by atoms with Crippen molar-refractivity contribution < 1.29 is 5.11 Å². The number of nitrogens with zero attached hydrogens (tertiary/aromatic N) is 3. The van der Waals surface area contributed by atoms with Crippen molar-refractivity contribution in [2.45, 2.75) is 64.0 Å². The second kappa shape index (κ2) is 7.59. The predicted octanol–water partition coefficient (Wildman–Crippen LogP) is 3.65. The van der Waals surface area contributed by atoms with E-state index in [-0.39, 0.29) is 6.10 Å². The number of hydrogen-bond donors (Lipinski definition) is 2. The van der Waals surface area contributed by atoms with Crippen molar-refractivity contribution in [3.63, 3.8) is 0 Å². The van der Waals surface area contributed by atoms with E-state index < -0.39 is 0 Å². The van der Waals surface area contributed by atoms with E-state index in [1.807, 2.05) is 16.8 Å². The van der Waals surface area contributed by atoms with Crippen molar-refractivity contribution in [1.82, 2.24) is 14.4 Å². The van der Waals surface area contributed by atoms with Crippen molar-refractivity contribution in [3.8, 4) is 0 Å². The topological polar surface area (TPSA) is 62.5 Å². The summed E-state index contributed by atoms with van der Waals surface area (Å²) in [5, 5.41) is 13.2. The average Bonchev–Trinajstić information content (AvgIpc) is 3.02.